The summed E-state index contributed by atoms with van der Waals surface area (Å²) in [5.74, 6) is 2.32. The van der Waals surface area contributed by atoms with Gasteiger partial charge in [-0.1, -0.05) is 44.4 Å². The molecule has 0 spiro atoms. The Hall–Kier alpha value is -1.05. The molecule has 2 nitrogen and oxygen atoms in total. The summed E-state index contributed by atoms with van der Waals surface area (Å²) in [5, 5.41) is 0. The third-order valence-electron chi connectivity index (χ3n) is 5.53. The average molecular weight is 319 g/mol. The van der Waals surface area contributed by atoms with E-state index in [-0.39, 0.29) is 5.97 Å². The molecule has 0 radical (unpaired) electrons. The summed E-state index contributed by atoms with van der Waals surface area (Å²) in [6, 6.07) is 0. The third kappa shape index (κ3) is 5.51. The average Bonchev–Trinajstić information content (AvgIpc) is 3.15. The molecule has 0 N–H and O–H groups in total. The van der Waals surface area contributed by atoms with Gasteiger partial charge in [-0.3, -0.25) is 0 Å². The van der Waals surface area contributed by atoms with E-state index in [4.69, 9.17) is 4.74 Å². The van der Waals surface area contributed by atoms with Crippen molar-refractivity contribution >= 4 is 5.97 Å². The Balaban J connectivity index is 1.73. The van der Waals surface area contributed by atoms with Crippen LogP contribution in [0.2, 0.25) is 0 Å². The lowest BCUT2D eigenvalue weighted by atomic mass is 9.81. The number of hydrogen-bond donors (Lipinski definition) is 0. The number of carbonyl (C=O) groups excluding carboxylic acids is 1. The zero-order valence-electron chi connectivity index (χ0n) is 15.1. The fraction of sp³-hybridized carbons (Fsp3) is 0.762. The summed E-state index contributed by atoms with van der Waals surface area (Å²) in [6.07, 6.45) is 15.7. The van der Waals surface area contributed by atoms with Crippen LogP contribution in [0.5, 0.6) is 0 Å². The molecule has 0 aliphatic heterocycles. The van der Waals surface area contributed by atoms with E-state index in [0.29, 0.717) is 12.2 Å². The molecule has 2 aliphatic carbocycles. The molecule has 2 rings (SSSR count). The smallest absolute Gasteiger partial charge is 0.333 e. The zero-order chi connectivity index (χ0) is 16.7. The van der Waals surface area contributed by atoms with Crippen molar-refractivity contribution in [2.24, 2.45) is 17.8 Å². The number of fused-ring (bicyclic) bond motifs is 2. The van der Waals surface area contributed by atoms with Gasteiger partial charge in [0, 0.05) is 5.57 Å². The number of allylic oxidation sites excluding steroid dienone is 2. The van der Waals surface area contributed by atoms with Crippen molar-refractivity contribution in [3.8, 4) is 0 Å². The van der Waals surface area contributed by atoms with Crippen molar-refractivity contribution in [1.29, 1.82) is 0 Å². The monoisotopic (exact) mass is 318 g/mol. The number of rotatable bonds is 11. The Kier molecular flexibility index (Phi) is 7.39. The highest BCUT2D eigenvalue weighted by Crippen LogP contribution is 2.48. The maximum atomic E-state index is 11.4. The second-order valence-electron chi connectivity index (χ2n) is 7.54. The first kappa shape index (κ1) is 18.3. The molecule has 1 saturated carbocycles. The molecular formula is C21H34O2. The first-order valence-electron chi connectivity index (χ1n) is 9.66. The Morgan fingerprint density at radius 3 is 2.57 bits per heavy atom. The summed E-state index contributed by atoms with van der Waals surface area (Å²) in [7, 11) is 0. The molecule has 0 amide bonds. The van der Waals surface area contributed by atoms with E-state index in [1.807, 2.05) is 0 Å². The lowest BCUT2D eigenvalue weighted by molar-refractivity contribution is -0.139. The number of unbranched alkanes of at least 4 members (excludes halogenated alkanes) is 3. The fourth-order valence-electron chi connectivity index (χ4n) is 4.25. The Morgan fingerprint density at radius 2 is 2.00 bits per heavy atom. The molecule has 1 fully saturated rings. The Bertz CT molecular complexity index is 435. The minimum Gasteiger partial charge on any atom is -0.462 e. The lowest BCUT2D eigenvalue weighted by Gasteiger charge is -2.24. The first-order chi connectivity index (χ1) is 11.1. The van der Waals surface area contributed by atoms with Gasteiger partial charge in [-0.2, -0.15) is 0 Å². The van der Waals surface area contributed by atoms with Crippen LogP contribution in [-0.4, -0.2) is 12.6 Å². The Labute approximate surface area is 142 Å². The van der Waals surface area contributed by atoms with Crippen molar-refractivity contribution in [3.63, 3.8) is 0 Å². The standard InChI is InChI=1S/C21H34O2/c1-4-5-6-9-18(20-15-17-11-12-19(20)14-17)10-7-8-13-23-21(22)16(2)3/h15,17-19H,2,4-14H2,1,3H3. The summed E-state index contributed by atoms with van der Waals surface area (Å²) < 4.78 is 5.21. The van der Waals surface area contributed by atoms with Crippen LogP contribution in [0, 0.1) is 17.8 Å². The molecule has 3 unspecified atom stereocenters. The predicted octanol–water partition coefficient (Wildman–Crippen LogP) is 5.83. The normalized spacial score (nSPS) is 23.7. The molecule has 2 bridgehead atoms. The van der Waals surface area contributed by atoms with Gasteiger partial charge in [-0.05, 0) is 69.6 Å². The minimum atomic E-state index is -0.250. The van der Waals surface area contributed by atoms with Crippen molar-refractivity contribution in [1.82, 2.24) is 0 Å². The van der Waals surface area contributed by atoms with Gasteiger partial charge in [0.05, 0.1) is 6.61 Å². The van der Waals surface area contributed by atoms with Gasteiger partial charge in [0.15, 0.2) is 0 Å². The number of hydrogen-bond acceptors (Lipinski definition) is 2. The molecular weight excluding hydrogens is 284 g/mol. The molecule has 0 aromatic heterocycles. The minimum absolute atomic E-state index is 0.250. The SMILES string of the molecule is C=C(C)C(=O)OCCCCC(CCCCC)C1=CC2CCC1C2. The van der Waals surface area contributed by atoms with Crippen LogP contribution in [0.15, 0.2) is 23.8 Å². The fourth-order valence-corrected chi connectivity index (χ4v) is 4.25. The number of carbonyl (C=O) groups is 1. The van der Waals surface area contributed by atoms with Gasteiger partial charge < -0.3 is 4.74 Å². The van der Waals surface area contributed by atoms with Gasteiger partial charge in [0.1, 0.15) is 0 Å². The second-order valence-corrected chi connectivity index (χ2v) is 7.54. The van der Waals surface area contributed by atoms with Gasteiger partial charge in [0.2, 0.25) is 0 Å². The molecule has 0 saturated heterocycles. The van der Waals surface area contributed by atoms with Crippen LogP contribution in [0.3, 0.4) is 0 Å². The van der Waals surface area contributed by atoms with Crippen LogP contribution in [0.4, 0.5) is 0 Å². The maximum absolute atomic E-state index is 11.4. The van der Waals surface area contributed by atoms with E-state index >= 15 is 0 Å². The maximum Gasteiger partial charge on any atom is 0.333 e. The quantitative estimate of drug-likeness (QED) is 0.207. The summed E-state index contributed by atoms with van der Waals surface area (Å²) in [5.41, 5.74) is 2.28. The van der Waals surface area contributed by atoms with E-state index in [0.717, 1.165) is 30.6 Å². The molecule has 130 valence electrons. The highest BCUT2D eigenvalue weighted by molar-refractivity contribution is 5.86. The third-order valence-corrected chi connectivity index (χ3v) is 5.53. The molecule has 23 heavy (non-hydrogen) atoms. The first-order valence-corrected chi connectivity index (χ1v) is 9.66. The number of esters is 1. The molecule has 0 aromatic rings. The van der Waals surface area contributed by atoms with Crippen molar-refractivity contribution in [3.05, 3.63) is 23.8 Å². The van der Waals surface area contributed by atoms with Crippen LogP contribution in [0.1, 0.15) is 78.1 Å². The summed E-state index contributed by atoms with van der Waals surface area (Å²) in [4.78, 5) is 11.4. The van der Waals surface area contributed by atoms with Crippen LogP contribution < -0.4 is 0 Å². The van der Waals surface area contributed by atoms with Crippen molar-refractivity contribution in [2.45, 2.75) is 78.1 Å². The zero-order valence-corrected chi connectivity index (χ0v) is 15.1. The van der Waals surface area contributed by atoms with Crippen LogP contribution in [0.25, 0.3) is 0 Å². The lowest BCUT2D eigenvalue weighted by Crippen LogP contribution is -2.12. The molecule has 0 aromatic carbocycles. The van der Waals surface area contributed by atoms with Gasteiger partial charge in [0.25, 0.3) is 0 Å². The van der Waals surface area contributed by atoms with Crippen molar-refractivity contribution in [2.75, 3.05) is 6.61 Å². The summed E-state index contributed by atoms with van der Waals surface area (Å²) in [6.45, 7) is 8.14. The topological polar surface area (TPSA) is 26.3 Å². The predicted molar refractivity (Wildman–Crippen MR) is 96.2 cm³/mol. The van der Waals surface area contributed by atoms with E-state index < -0.39 is 0 Å². The van der Waals surface area contributed by atoms with Crippen molar-refractivity contribution < 1.29 is 9.53 Å². The Morgan fingerprint density at radius 1 is 1.26 bits per heavy atom. The largest absolute Gasteiger partial charge is 0.462 e. The second kappa shape index (κ2) is 9.30. The van der Waals surface area contributed by atoms with Gasteiger partial charge in [-0.15, -0.1) is 0 Å². The molecule has 0 heterocycles. The molecule has 2 aliphatic rings. The van der Waals surface area contributed by atoms with Gasteiger partial charge in [-0.25, -0.2) is 4.79 Å². The number of ether oxygens (including phenoxy) is 1. The van der Waals surface area contributed by atoms with E-state index in [9.17, 15) is 4.79 Å². The summed E-state index contributed by atoms with van der Waals surface area (Å²) >= 11 is 0. The van der Waals surface area contributed by atoms with Crippen LogP contribution >= 0.6 is 0 Å². The van der Waals surface area contributed by atoms with Gasteiger partial charge >= 0.3 is 5.97 Å². The molecule has 2 heteroatoms. The van der Waals surface area contributed by atoms with E-state index in [2.05, 4.69) is 19.6 Å². The van der Waals surface area contributed by atoms with E-state index in [1.165, 1.54) is 51.4 Å². The van der Waals surface area contributed by atoms with Crippen LogP contribution in [-0.2, 0) is 9.53 Å². The molecule has 3 atom stereocenters. The highest BCUT2D eigenvalue weighted by Gasteiger charge is 2.35. The highest BCUT2D eigenvalue weighted by atomic mass is 16.5. The van der Waals surface area contributed by atoms with E-state index in [1.54, 1.807) is 12.5 Å².